The Morgan fingerprint density at radius 2 is 0.685 bits per heavy atom. The molecule has 0 aliphatic carbocycles. The van der Waals surface area contributed by atoms with Crippen molar-refractivity contribution in [1.29, 1.82) is 0 Å². The van der Waals surface area contributed by atoms with Gasteiger partial charge in [-0.25, -0.2) is 0 Å². The molecule has 2 aromatic heterocycles. The lowest BCUT2D eigenvalue weighted by atomic mass is 9.85. The summed E-state index contributed by atoms with van der Waals surface area (Å²) in [5, 5.41) is 12.8. The van der Waals surface area contributed by atoms with E-state index in [1.54, 1.807) is 0 Å². The summed E-state index contributed by atoms with van der Waals surface area (Å²) in [5.74, 6) is 0. The number of benzene rings is 10. The monoisotopic (exact) mass is 684 g/mol. The van der Waals surface area contributed by atoms with E-state index >= 15 is 0 Å². The van der Waals surface area contributed by atoms with E-state index in [4.69, 9.17) is 0 Å². The molecule has 2 heterocycles. The van der Waals surface area contributed by atoms with Crippen molar-refractivity contribution in [3.05, 3.63) is 194 Å². The molecule has 54 heavy (non-hydrogen) atoms. The zero-order valence-electron chi connectivity index (χ0n) is 29.4. The van der Waals surface area contributed by atoms with Crippen molar-refractivity contribution in [2.24, 2.45) is 0 Å². The Labute approximate surface area is 311 Å². The summed E-state index contributed by atoms with van der Waals surface area (Å²) in [6.45, 7) is 0. The minimum Gasteiger partial charge on any atom is -0.309 e. The fourth-order valence-corrected chi connectivity index (χ4v) is 9.34. The lowest BCUT2D eigenvalue weighted by molar-refractivity contribution is 1.13. The molecule has 0 amide bonds. The summed E-state index contributed by atoms with van der Waals surface area (Å²) in [7, 11) is 0. The number of hydrogen-bond acceptors (Lipinski definition) is 0. The van der Waals surface area contributed by atoms with Gasteiger partial charge in [-0.05, 0) is 103 Å². The highest BCUT2D eigenvalue weighted by atomic mass is 15.0. The van der Waals surface area contributed by atoms with Crippen LogP contribution in [-0.2, 0) is 0 Å². The van der Waals surface area contributed by atoms with Gasteiger partial charge >= 0.3 is 0 Å². The highest BCUT2D eigenvalue weighted by molar-refractivity contribution is 6.28. The van der Waals surface area contributed by atoms with Crippen LogP contribution in [0.4, 0.5) is 0 Å². The molecule has 10 aromatic carbocycles. The van der Waals surface area contributed by atoms with E-state index in [9.17, 15) is 0 Å². The predicted octanol–water partition coefficient (Wildman–Crippen LogP) is 14.1. The Morgan fingerprint density at radius 3 is 1.17 bits per heavy atom. The van der Waals surface area contributed by atoms with E-state index in [2.05, 4.69) is 203 Å². The average molecular weight is 685 g/mol. The molecule has 2 heteroatoms. The molecule has 0 aliphatic rings. The molecule has 0 unspecified atom stereocenters. The minimum absolute atomic E-state index is 1.13. The first-order valence-corrected chi connectivity index (χ1v) is 18.7. The van der Waals surface area contributed by atoms with E-state index in [-0.39, 0.29) is 0 Å². The van der Waals surface area contributed by atoms with Crippen LogP contribution < -0.4 is 0 Å². The highest BCUT2D eigenvalue weighted by Crippen LogP contribution is 2.45. The van der Waals surface area contributed by atoms with Crippen molar-refractivity contribution >= 4 is 75.9 Å². The van der Waals surface area contributed by atoms with Crippen molar-refractivity contribution in [1.82, 2.24) is 9.13 Å². The quantitative estimate of drug-likeness (QED) is 0.163. The molecular weight excluding hydrogens is 653 g/mol. The molecule has 12 aromatic rings. The molecule has 0 fully saturated rings. The summed E-state index contributed by atoms with van der Waals surface area (Å²) >= 11 is 0. The summed E-state index contributed by atoms with van der Waals surface area (Å²) in [6, 6.07) is 71.7. The van der Waals surface area contributed by atoms with E-state index in [1.807, 2.05) is 0 Å². The van der Waals surface area contributed by atoms with Crippen molar-refractivity contribution in [2.45, 2.75) is 0 Å². The van der Waals surface area contributed by atoms with Gasteiger partial charge in [-0.3, -0.25) is 0 Å². The largest absolute Gasteiger partial charge is 0.309 e. The Hall–Kier alpha value is -7.16. The van der Waals surface area contributed by atoms with Gasteiger partial charge in [0.25, 0.3) is 0 Å². The molecule has 0 radical (unpaired) electrons. The molecule has 0 aliphatic heterocycles. The SMILES string of the molecule is c1ccc(-c2cc(-c3cc(-n4c5ccccc5c5ccccc54)cc(-n4c5ccccc5c5ccccc54)c3)c3ccc4cccc5ccc2c3c54)cc1. The van der Waals surface area contributed by atoms with Crippen LogP contribution in [0, 0.1) is 0 Å². The van der Waals surface area contributed by atoms with Crippen LogP contribution in [0.2, 0.25) is 0 Å². The first kappa shape index (κ1) is 29.4. The maximum Gasteiger partial charge on any atom is 0.0541 e. The molecule has 0 N–H and O–H groups in total. The average Bonchev–Trinajstić information content (AvgIpc) is 3.76. The van der Waals surface area contributed by atoms with Gasteiger partial charge in [0, 0.05) is 32.9 Å². The number of nitrogens with zero attached hydrogens (tertiary/aromatic N) is 2. The van der Waals surface area contributed by atoms with Crippen LogP contribution in [0.25, 0.3) is 110 Å². The Balaban J connectivity index is 1.26. The van der Waals surface area contributed by atoms with Gasteiger partial charge in [-0.15, -0.1) is 0 Å². The number of aromatic nitrogens is 2. The zero-order valence-corrected chi connectivity index (χ0v) is 29.4. The minimum atomic E-state index is 1.13. The summed E-state index contributed by atoms with van der Waals surface area (Å²) in [4.78, 5) is 0. The fourth-order valence-electron chi connectivity index (χ4n) is 9.34. The second-order valence-electron chi connectivity index (χ2n) is 14.5. The predicted molar refractivity (Wildman–Crippen MR) is 230 cm³/mol. The molecule has 0 bridgehead atoms. The number of hydrogen-bond donors (Lipinski definition) is 0. The van der Waals surface area contributed by atoms with Gasteiger partial charge in [0.15, 0.2) is 0 Å². The molecule has 0 saturated heterocycles. The molecular formula is C52H32N2. The second kappa shape index (κ2) is 11.2. The molecule has 250 valence electrons. The zero-order chi connectivity index (χ0) is 35.3. The Kier molecular flexibility index (Phi) is 6.09. The van der Waals surface area contributed by atoms with E-state index in [0.29, 0.717) is 0 Å². The maximum absolute atomic E-state index is 2.46. The molecule has 0 saturated carbocycles. The first-order chi connectivity index (χ1) is 26.8. The third-order valence-electron chi connectivity index (χ3n) is 11.6. The van der Waals surface area contributed by atoms with E-state index in [1.165, 1.54) is 98.2 Å². The summed E-state index contributed by atoms with van der Waals surface area (Å²) in [6.07, 6.45) is 0. The lowest BCUT2D eigenvalue weighted by Gasteiger charge is -2.20. The molecule has 2 nitrogen and oxygen atoms in total. The van der Waals surface area contributed by atoms with Crippen molar-refractivity contribution in [2.75, 3.05) is 0 Å². The number of fused-ring (bicyclic) bond motifs is 6. The van der Waals surface area contributed by atoms with Crippen LogP contribution >= 0.6 is 0 Å². The van der Waals surface area contributed by atoms with Gasteiger partial charge in [0.2, 0.25) is 0 Å². The molecule has 12 rings (SSSR count). The molecule has 0 atom stereocenters. The summed E-state index contributed by atoms with van der Waals surface area (Å²) in [5.41, 5.74) is 11.9. The van der Waals surface area contributed by atoms with Gasteiger partial charge in [-0.1, -0.05) is 146 Å². The normalized spacial score (nSPS) is 12.1. The van der Waals surface area contributed by atoms with E-state index in [0.717, 1.165) is 11.4 Å². The topological polar surface area (TPSA) is 9.86 Å². The van der Waals surface area contributed by atoms with Crippen LogP contribution in [0.3, 0.4) is 0 Å². The maximum atomic E-state index is 2.46. The fraction of sp³-hybridized carbons (Fsp3) is 0. The van der Waals surface area contributed by atoms with Crippen LogP contribution in [-0.4, -0.2) is 9.13 Å². The number of para-hydroxylation sites is 4. The smallest absolute Gasteiger partial charge is 0.0541 e. The third kappa shape index (κ3) is 4.11. The Bertz CT molecular complexity index is 3180. The van der Waals surface area contributed by atoms with Gasteiger partial charge in [0.05, 0.1) is 22.1 Å². The van der Waals surface area contributed by atoms with Crippen molar-refractivity contribution in [3.8, 4) is 33.6 Å². The lowest BCUT2D eigenvalue weighted by Crippen LogP contribution is -2.00. The molecule has 0 spiro atoms. The standard InChI is InChI=1S/C52H32N2/c1-2-13-33(14-3-1)45-32-46(44-28-26-35-16-12-15-34-25-27-43(45)52(44)51(34)35)36-29-37(53-47-21-8-4-17-39(47)40-18-5-9-22-48(40)53)31-38(30-36)54-49-23-10-6-19-41(49)42-20-7-11-24-50(42)54/h1-32H. The van der Waals surface area contributed by atoms with Crippen LogP contribution in [0.5, 0.6) is 0 Å². The van der Waals surface area contributed by atoms with Gasteiger partial charge < -0.3 is 9.13 Å². The Morgan fingerprint density at radius 1 is 0.259 bits per heavy atom. The second-order valence-corrected chi connectivity index (χ2v) is 14.5. The van der Waals surface area contributed by atoms with Crippen LogP contribution in [0.15, 0.2) is 194 Å². The summed E-state index contributed by atoms with van der Waals surface area (Å²) < 4.78 is 4.92. The first-order valence-electron chi connectivity index (χ1n) is 18.7. The van der Waals surface area contributed by atoms with Crippen molar-refractivity contribution in [3.63, 3.8) is 0 Å². The highest BCUT2D eigenvalue weighted by Gasteiger charge is 2.20. The van der Waals surface area contributed by atoms with Gasteiger partial charge in [-0.2, -0.15) is 0 Å². The van der Waals surface area contributed by atoms with Gasteiger partial charge in [0.1, 0.15) is 0 Å². The van der Waals surface area contributed by atoms with Crippen molar-refractivity contribution < 1.29 is 0 Å². The number of rotatable bonds is 4. The van der Waals surface area contributed by atoms with Crippen LogP contribution in [0.1, 0.15) is 0 Å². The van der Waals surface area contributed by atoms with E-state index < -0.39 is 0 Å². The third-order valence-corrected chi connectivity index (χ3v) is 11.6.